The van der Waals surface area contributed by atoms with Gasteiger partial charge >= 0.3 is 6.03 Å². The van der Waals surface area contributed by atoms with Gasteiger partial charge in [-0.25, -0.2) is 4.79 Å². The first-order chi connectivity index (χ1) is 18.5. The maximum atomic E-state index is 13.6. The fourth-order valence-electron chi connectivity index (χ4n) is 5.39. The Morgan fingerprint density at radius 3 is 2.31 bits per heavy atom. The predicted molar refractivity (Wildman–Crippen MR) is 146 cm³/mol. The van der Waals surface area contributed by atoms with E-state index < -0.39 is 45.5 Å². The highest BCUT2D eigenvalue weighted by Gasteiger charge is 2.38. The minimum atomic E-state index is -4.93. The fraction of sp³-hybridized carbons (Fsp3) is 0.667. The maximum Gasteiger partial charge on any atom is 0.318 e. The minimum Gasteiger partial charge on any atom is -0.374 e. The first-order valence-electron chi connectivity index (χ1n) is 13.8. The van der Waals surface area contributed by atoms with E-state index in [1.165, 1.54) is 0 Å². The third kappa shape index (κ3) is 9.18. The topological polar surface area (TPSA) is 165 Å². The van der Waals surface area contributed by atoms with E-state index in [9.17, 15) is 32.5 Å². The first kappa shape index (κ1) is 30.8. The largest absolute Gasteiger partial charge is 0.374 e. The van der Waals surface area contributed by atoms with Gasteiger partial charge in [-0.3, -0.25) is 14.1 Å². The molecule has 0 radical (unpaired) electrons. The molecule has 1 unspecified atom stereocenters. The minimum absolute atomic E-state index is 0.00358. The molecule has 4 atom stereocenters. The molecule has 1 heterocycles. The van der Waals surface area contributed by atoms with Crippen LogP contribution in [0.4, 0.5) is 4.79 Å². The Labute approximate surface area is 230 Å². The second kappa shape index (κ2) is 14.1. The number of nitrogens with one attached hydrogen (secondary N) is 3. The summed E-state index contributed by atoms with van der Waals surface area (Å²) in [6, 6.07) is 6.79. The molecule has 12 heteroatoms. The van der Waals surface area contributed by atoms with Crippen molar-refractivity contribution in [2.75, 3.05) is 6.54 Å². The molecule has 218 valence electrons. The number of carbonyl (C=O) groups is 3. The van der Waals surface area contributed by atoms with Crippen molar-refractivity contribution in [1.82, 2.24) is 20.9 Å². The SMILES string of the molecule is CC(C)C[C@H](NC(=O)N(Cc1ccccc1)C1CCCCC1)C(=O)N[C@@H](C[C@@H]1CCNC1=O)C(O)S(=O)(=O)O. The average molecular weight is 567 g/mol. The van der Waals surface area contributed by atoms with E-state index in [2.05, 4.69) is 16.0 Å². The molecule has 0 aromatic heterocycles. The Bertz CT molecular complexity index is 1080. The zero-order valence-corrected chi connectivity index (χ0v) is 23.5. The van der Waals surface area contributed by atoms with Gasteiger partial charge < -0.3 is 26.0 Å². The molecular formula is C27H42N4O7S. The lowest BCUT2D eigenvalue weighted by Crippen LogP contribution is -2.57. The number of carbonyl (C=O) groups excluding carboxylic acids is 3. The molecule has 1 saturated carbocycles. The number of urea groups is 1. The lowest BCUT2D eigenvalue weighted by Gasteiger charge is -2.36. The van der Waals surface area contributed by atoms with E-state index in [4.69, 9.17) is 0 Å². The van der Waals surface area contributed by atoms with Crippen LogP contribution in [-0.4, -0.2) is 70.9 Å². The van der Waals surface area contributed by atoms with Gasteiger partial charge in [0.2, 0.25) is 17.3 Å². The van der Waals surface area contributed by atoms with Gasteiger partial charge in [0.15, 0.2) is 0 Å². The van der Waals surface area contributed by atoms with E-state index in [1.807, 2.05) is 44.2 Å². The molecule has 5 N–H and O–H groups in total. The fourth-order valence-corrected chi connectivity index (χ4v) is 5.98. The summed E-state index contributed by atoms with van der Waals surface area (Å²) in [5, 5.41) is 18.3. The molecule has 39 heavy (non-hydrogen) atoms. The Balaban J connectivity index is 1.79. The van der Waals surface area contributed by atoms with Gasteiger partial charge in [-0.05, 0) is 43.6 Å². The summed E-state index contributed by atoms with van der Waals surface area (Å²) in [5.41, 5.74) is -1.35. The van der Waals surface area contributed by atoms with Crippen LogP contribution in [0.2, 0.25) is 0 Å². The number of hydrogen-bond acceptors (Lipinski definition) is 6. The van der Waals surface area contributed by atoms with Crippen LogP contribution in [0.15, 0.2) is 30.3 Å². The molecule has 0 bridgehead atoms. The zero-order chi connectivity index (χ0) is 28.6. The third-order valence-electron chi connectivity index (χ3n) is 7.47. The molecule has 1 aromatic carbocycles. The lowest BCUT2D eigenvalue weighted by molar-refractivity contribution is -0.126. The third-order valence-corrected chi connectivity index (χ3v) is 8.41. The molecule has 0 spiro atoms. The van der Waals surface area contributed by atoms with E-state index >= 15 is 0 Å². The number of hydrogen-bond donors (Lipinski definition) is 5. The van der Waals surface area contributed by atoms with E-state index in [0.29, 0.717) is 19.5 Å². The van der Waals surface area contributed by atoms with Gasteiger partial charge in [0.25, 0.3) is 10.1 Å². The first-order valence-corrected chi connectivity index (χ1v) is 15.3. The molecule has 2 fully saturated rings. The summed E-state index contributed by atoms with van der Waals surface area (Å²) >= 11 is 0. The van der Waals surface area contributed by atoms with Crippen LogP contribution in [0.25, 0.3) is 0 Å². The molecule has 1 aliphatic heterocycles. The smallest absolute Gasteiger partial charge is 0.318 e. The number of rotatable bonds is 12. The van der Waals surface area contributed by atoms with Crippen LogP contribution in [0.3, 0.4) is 0 Å². The zero-order valence-electron chi connectivity index (χ0n) is 22.7. The van der Waals surface area contributed by atoms with Crippen LogP contribution in [0.1, 0.15) is 70.8 Å². The highest BCUT2D eigenvalue weighted by atomic mass is 32.2. The van der Waals surface area contributed by atoms with E-state index in [-0.39, 0.29) is 30.7 Å². The van der Waals surface area contributed by atoms with Crippen molar-refractivity contribution < 1.29 is 32.5 Å². The van der Waals surface area contributed by atoms with Gasteiger partial charge in [0, 0.05) is 25.0 Å². The summed E-state index contributed by atoms with van der Waals surface area (Å²) in [7, 11) is -4.93. The Kier molecular flexibility index (Phi) is 11.1. The lowest BCUT2D eigenvalue weighted by atomic mass is 9.94. The molecule has 1 aliphatic carbocycles. The van der Waals surface area contributed by atoms with Gasteiger partial charge in [-0.2, -0.15) is 8.42 Å². The second-order valence-electron chi connectivity index (χ2n) is 11.1. The molecule has 3 rings (SSSR count). The van der Waals surface area contributed by atoms with Crippen LogP contribution in [0, 0.1) is 11.8 Å². The van der Waals surface area contributed by atoms with Gasteiger partial charge in [-0.1, -0.05) is 63.4 Å². The van der Waals surface area contributed by atoms with Gasteiger partial charge in [0.1, 0.15) is 6.04 Å². The normalized spacial score (nSPS) is 20.6. The van der Waals surface area contributed by atoms with Crippen LogP contribution >= 0.6 is 0 Å². The highest BCUT2D eigenvalue weighted by Crippen LogP contribution is 2.25. The van der Waals surface area contributed by atoms with Crippen LogP contribution in [-0.2, 0) is 26.3 Å². The Morgan fingerprint density at radius 1 is 1.08 bits per heavy atom. The van der Waals surface area contributed by atoms with Crippen molar-refractivity contribution in [1.29, 1.82) is 0 Å². The monoisotopic (exact) mass is 566 g/mol. The summed E-state index contributed by atoms with van der Waals surface area (Å²) < 4.78 is 33.0. The second-order valence-corrected chi connectivity index (χ2v) is 12.6. The number of nitrogens with zero attached hydrogens (tertiary/aromatic N) is 1. The molecule has 1 aromatic rings. The van der Waals surface area contributed by atoms with Crippen molar-refractivity contribution >= 4 is 28.0 Å². The highest BCUT2D eigenvalue weighted by molar-refractivity contribution is 7.86. The van der Waals surface area contributed by atoms with Crippen LogP contribution in [0.5, 0.6) is 0 Å². The average Bonchev–Trinajstić information content (AvgIpc) is 3.30. The molecular weight excluding hydrogens is 524 g/mol. The van der Waals surface area contributed by atoms with Crippen molar-refractivity contribution in [3.63, 3.8) is 0 Å². The quantitative estimate of drug-likeness (QED) is 0.242. The molecule has 11 nitrogen and oxygen atoms in total. The standard InChI is InChI=1S/C27H42N4O7S/c1-18(2)15-22(25(33)29-23(26(34)39(36,37)38)16-20-13-14-28-24(20)32)30-27(35)31(21-11-7-4-8-12-21)17-19-9-5-3-6-10-19/h3,5-6,9-10,18,20-23,26,34H,4,7-8,11-17H2,1-2H3,(H,28,32)(H,29,33)(H,30,35)(H,36,37,38)/t20-,22-,23-,26?/m0/s1. The Morgan fingerprint density at radius 2 is 1.74 bits per heavy atom. The summed E-state index contributed by atoms with van der Waals surface area (Å²) in [6.45, 7) is 4.57. The van der Waals surface area contributed by atoms with Crippen molar-refractivity contribution in [2.45, 2.75) is 95.3 Å². The number of benzene rings is 1. The van der Waals surface area contributed by atoms with Gasteiger partial charge in [-0.15, -0.1) is 0 Å². The Hall–Kier alpha value is -2.70. The van der Waals surface area contributed by atoms with Crippen molar-refractivity contribution in [3.8, 4) is 0 Å². The van der Waals surface area contributed by atoms with E-state index in [1.54, 1.807) is 4.90 Å². The summed E-state index contributed by atoms with van der Waals surface area (Å²) in [6.07, 6.45) is 5.38. The van der Waals surface area contributed by atoms with Crippen LogP contribution < -0.4 is 16.0 Å². The van der Waals surface area contributed by atoms with Crippen molar-refractivity contribution in [3.05, 3.63) is 35.9 Å². The molecule has 2 aliphatic rings. The van der Waals surface area contributed by atoms with Gasteiger partial charge in [0.05, 0.1) is 6.04 Å². The summed E-state index contributed by atoms with van der Waals surface area (Å²) in [5.74, 6) is -1.62. The summed E-state index contributed by atoms with van der Waals surface area (Å²) in [4.78, 5) is 40.9. The van der Waals surface area contributed by atoms with E-state index in [0.717, 1.165) is 37.7 Å². The number of aliphatic hydroxyl groups is 1. The van der Waals surface area contributed by atoms with Crippen molar-refractivity contribution in [2.24, 2.45) is 11.8 Å². The molecule has 1 saturated heterocycles. The molecule has 4 amide bonds. The maximum absolute atomic E-state index is 13.6. The predicted octanol–water partition coefficient (Wildman–Crippen LogP) is 2.16. The number of amides is 4. The number of aliphatic hydroxyl groups excluding tert-OH is 1.